The molecule has 3 rings (SSSR count). The van der Waals surface area contributed by atoms with Crippen molar-refractivity contribution in [3.8, 4) is 22.4 Å². The Morgan fingerprint density at radius 2 is 1.52 bits per heavy atom. The number of unbranched alkanes of at least 4 members (excludes halogenated alkanes) is 2. The van der Waals surface area contributed by atoms with Gasteiger partial charge in [-0.3, -0.25) is 4.79 Å². The topological polar surface area (TPSA) is 31.2 Å². The lowest BCUT2D eigenvalue weighted by molar-refractivity contribution is -0.142. The molecule has 0 radical (unpaired) electrons. The Bertz CT molecular complexity index is 926. The molecule has 0 amide bonds. The van der Waals surface area contributed by atoms with Gasteiger partial charge in [0, 0.05) is 17.8 Å². The highest BCUT2D eigenvalue weighted by Gasteiger charge is 2.24. The quantitative estimate of drug-likeness (QED) is 0.312. The molecular formula is C26H31NO2. The molecule has 0 saturated heterocycles. The molecule has 0 bridgehead atoms. The minimum atomic E-state index is -0.168. The highest BCUT2D eigenvalue weighted by molar-refractivity contribution is 5.88. The smallest absolute Gasteiger partial charge is 0.310 e. The zero-order valence-corrected chi connectivity index (χ0v) is 17.8. The molecule has 3 nitrogen and oxygen atoms in total. The maximum atomic E-state index is 12.4. The van der Waals surface area contributed by atoms with E-state index < -0.39 is 0 Å². The molecule has 0 aliphatic rings. The Labute approximate surface area is 174 Å². The zero-order valence-electron chi connectivity index (χ0n) is 17.8. The standard InChI is InChI=1S/C26H31NO2/c1-4-6-13-18-27-20(3)23(19-24(28)29-5-2)25(21-14-9-7-10-15-21)26(27)22-16-11-8-12-17-22/h7-12,14-17H,4-6,13,18-19H2,1-3H3. The van der Waals surface area contributed by atoms with E-state index in [1.807, 2.05) is 19.1 Å². The molecule has 0 aliphatic heterocycles. The lowest BCUT2D eigenvalue weighted by Gasteiger charge is -2.13. The summed E-state index contributed by atoms with van der Waals surface area (Å²) in [6.45, 7) is 7.57. The number of nitrogens with zero attached hydrogens (tertiary/aromatic N) is 1. The van der Waals surface area contributed by atoms with Gasteiger partial charge in [0.05, 0.1) is 18.7 Å². The van der Waals surface area contributed by atoms with Gasteiger partial charge in [-0.15, -0.1) is 0 Å². The van der Waals surface area contributed by atoms with Gasteiger partial charge in [-0.1, -0.05) is 80.4 Å². The van der Waals surface area contributed by atoms with E-state index in [0.29, 0.717) is 13.0 Å². The van der Waals surface area contributed by atoms with E-state index in [9.17, 15) is 4.79 Å². The third-order valence-corrected chi connectivity index (χ3v) is 5.37. The Hall–Kier alpha value is -2.81. The van der Waals surface area contributed by atoms with Gasteiger partial charge in [-0.25, -0.2) is 0 Å². The molecule has 0 spiro atoms. The van der Waals surface area contributed by atoms with Crippen LogP contribution in [0.5, 0.6) is 0 Å². The molecule has 0 unspecified atom stereocenters. The summed E-state index contributed by atoms with van der Waals surface area (Å²) in [7, 11) is 0. The summed E-state index contributed by atoms with van der Waals surface area (Å²) in [6.07, 6.45) is 3.80. The second-order valence-corrected chi connectivity index (χ2v) is 7.36. The number of hydrogen-bond donors (Lipinski definition) is 0. The predicted octanol–water partition coefficient (Wildman–Crippen LogP) is 6.43. The van der Waals surface area contributed by atoms with E-state index in [-0.39, 0.29) is 5.97 Å². The first-order valence-corrected chi connectivity index (χ1v) is 10.7. The molecule has 2 aromatic carbocycles. The van der Waals surface area contributed by atoms with E-state index in [2.05, 4.69) is 66.9 Å². The summed E-state index contributed by atoms with van der Waals surface area (Å²) in [5.41, 5.74) is 6.91. The van der Waals surface area contributed by atoms with Crippen molar-refractivity contribution in [1.82, 2.24) is 4.57 Å². The Kier molecular flexibility index (Phi) is 7.29. The summed E-state index contributed by atoms with van der Waals surface area (Å²) in [5.74, 6) is -0.168. The average Bonchev–Trinajstić information content (AvgIpc) is 3.01. The third kappa shape index (κ3) is 4.79. The second-order valence-electron chi connectivity index (χ2n) is 7.36. The Morgan fingerprint density at radius 3 is 2.10 bits per heavy atom. The van der Waals surface area contributed by atoms with Crippen molar-refractivity contribution in [3.05, 3.63) is 71.9 Å². The van der Waals surface area contributed by atoms with Crippen molar-refractivity contribution in [1.29, 1.82) is 0 Å². The van der Waals surface area contributed by atoms with Crippen LogP contribution in [0.25, 0.3) is 22.4 Å². The van der Waals surface area contributed by atoms with Crippen molar-refractivity contribution < 1.29 is 9.53 Å². The van der Waals surface area contributed by atoms with Gasteiger partial charge in [0.1, 0.15) is 0 Å². The Morgan fingerprint density at radius 1 is 0.897 bits per heavy atom. The third-order valence-electron chi connectivity index (χ3n) is 5.37. The molecule has 0 N–H and O–H groups in total. The van der Waals surface area contributed by atoms with Gasteiger partial charge in [-0.2, -0.15) is 0 Å². The summed E-state index contributed by atoms with van der Waals surface area (Å²) in [6, 6.07) is 20.9. The molecule has 0 atom stereocenters. The molecule has 152 valence electrons. The number of aromatic nitrogens is 1. The number of esters is 1. The normalized spacial score (nSPS) is 10.9. The monoisotopic (exact) mass is 389 g/mol. The van der Waals surface area contributed by atoms with Crippen molar-refractivity contribution in [2.75, 3.05) is 6.61 Å². The van der Waals surface area contributed by atoms with Gasteiger partial charge in [0.25, 0.3) is 0 Å². The van der Waals surface area contributed by atoms with E-state index in [1.54, 1.807) is 0 Å². The fourth-order valence-electron chi connectivity index (χ4n) is 3.97. The fourth-order valence-corrected chi connectivity index (χ4v) is 3.97. The number of ether oxygens (including phenoxy) is 1. The number of benzene rings is 2. The van der Waals surface area contributed by atoms with Crippen LogP contribution in [0.3, 0.4) is 0 Å². The van der Waals surface area contributed by atoms with Crippen LogP contribution in [0.15, 0.2) is 60.7 Å². The van der Waals surface area contributed by atoms with Gasteiger partial charge in [0.15, 0.2) is 0 Å². The number of carbonyl (C=O) groups is 1. The summed E-state index contributed by atoms with van der Waals surface area (Å²) >= 11 is 0. The van der Waals surface area contributed by atoms with Crippen LogP contribution in [0, 0.1) is 6.92 Å². The molecule has 3 aromatic rings. The van der Waals surface area contributed by atoms with Gasteiger partial charge >= 0.3 is 5.97 Å². The van der Waals surface area contributed by atoms with Crippen LogP contribution >= 0.6 is 0 Å². The van der Waals surface area contributed by atoms with Crippen LogP contribution < -0.4 is 0 Å². The second kappa shape index (κ2) is 10.1. The number of hydrogen-bond acceptors (Lipinski definition) is 2. The highest BCUT2D eigenvalue weighted by atomic mass is 16.5. The fraction of sp³-hybridized carbons (Fsp3) is 0.346. The Balaban J connectivity index is 2.22. The van der Waals surface area contributed by atoms with Crippen molar-refractivity contribution >= 4 is 5.97 Å². The first kappa shape index (κ1) is 20.9. The molecule has 1 heterocycles. The summed E-state index contributed by atoms with van der Waals surface area (Å²) < 4.78 is 7.70. The van der Waals surface area contributed by atoms with Crippen LogP contribution in [0.2, 0.25) is 0 Å². The minimum Gasteiger partial charge on any atom is -0.466 e. The van der Waals surface area contributed by atoms with Crippen molar-refractivity contribution in [3.63, 3.8) is 0 Å². The molecule has 0 fully saturated rings. The number of carbonyl (C=O) groups excluding carboxylic acids is 1. The van der Waals surface area contributed by atoms with E-state index in [4.69, 9.17) is 4.74 Å². The van der Waals surface area contributed by atoms with Crippen LogP contribution in [-0.2, 0) is 22.5 Å². The van der Waals surface area contributed by atoms with Gasteiger partial charge in [0.2, 0.25) is 0 Å². The zero-order chi connectivity index (χ0) is 20.6. The first-order chi connectivity index (χ1) is 14.2. The lowest BCUT2D eigenvalue weighted by Crippen LogP contribution is -2.09. The number of rotatable bonds is 9. The molecular weight excluding hydrogens is 358 g/mol. The summed E-state index contributed by atoms with van der Waals surface area (Å²) in [4.78, 5) is 12.4. The largest absolute Gasteiger partial charge is 0.466 e. The molecule has 0 saturated carbocycles. The SMILES string of the molecule is CCCCCn1c(C)c(CC(=O)OCC)c(-c2ccccc2)c1-c1ccccc1. The molecule has 0 aliphatic carbocycles. The van der Waals surface area contributed by atoms with Crippen LogP contribution in [0.1, 0.15) is 44.4 Å². The van der Waals surface area contributed by atoms with E-state index >= 15 is 0 Å². The average molecular weight is 390 g/mol. The summed E-state index contributed by atoms with van der Waals surface area (Å²) in [5, 5.41) is 0. The van der Waals surface area contributed by atoms with Gasteiger partial charge < -0.3 is 9.30 Å². The highest BCUT2D eigenvalue weighted by Crippen LogP contribution is 2.40. The van der Waals surface area contributed by atoms with Crippen LogP contribution in [-0.4, -0.2) is 17.1 Å². The maximum Gasteiger partial charge on any atom is 0.310 e. The van der Waals surface area contributed by atoms with E-state index in [1.165, 1.54) is 24.1 Å². The maximum absolute atomic E-state index is 12.4. The van der Waals surface area contributed by atoms with E-state index in [0.717, 1.165) is 35.3 Å². The van der Waals surface area contributed by atoms with Crippen molar-refractivity contribution in [2.45, 2.75) is 53.0 Å². The molecule has 3 heteroatoms. The van der Waals surface area contributed by atoms with Gasteiger partial charge in [-0.05, 0) is 37.0 Å². The minimum absolute atomic E-state index is 0.168. The van der Waals surface area contributed by atoms with Crippen LogP contribution in [0.4, 0.5) is 0 Å². The van der Waals surface area contributed by atoms with Crippen molar-refractivity contribution in [2.24, 2.45) is 0 Å². The molecule has 29 heavy (non-hydrogen) atoms. The molecule has 1 aromatic heterocycles. The lowest BCUT2D eigenvalue weighted by atomic mass is 9.95. The first-order valence-electron chi connectivity index (χ1n) is 10.7. The predicted molar refractivity (Wildman–Crippen MR) is 120 cm³/mol.